The van der Waals surface area contributed by atoms with Crippen LogP contribution in [0.1, 0.15) is 44.6 Å². The molecule has 1 unspecified atom stereocenters. The van der Waals surface area contributed by atoms with Gasteiger partial charge in [-0.3, -0.25) is 0 Å². The fourth-order valence-electron chi connectivity index (χ4n) is 2.91. The molecule has 1 aromatic rings. The summed E-state index contributed by atoms with van der Waals surface area (Å²) < 4.78 is 7.72. The van der Waals surface area contributed by atoms with Gasteiger partial charge >= 0.3 is 0 Å². The van der Waals surface area contributed by atoms with Gasteiger partial charge in [0, 0.05) is 25.0 Å². The van der Waals surface area contributed by atoms with Crippen LogP contribution in [0.4, 0.5) is 5.95 Å². The van der Waals surface area contributed by atoms with Crippen molar-refractivity contribution in [3.05, 3.63) is 12.4 Å². The van der Waals surface area contributed by atoms with Gasteiger partial charge in [-0.15, -0.1) is 0 Å². The highest BCUT2D eigenvalue weighted by Gasteiger charge is 2.21. The van der Waals surface area contributed by atoms with Gasteiger partial charge in [0.25, 0.3) is 0 Å². The standard InChI is InChI=1S/C13H21N3O/c1-2-4-12(5-3-1)16-8-7-14-13(16)15-11-6-9-17-10-11/h7-8,11-12H,1-6,9-10H2,(H,14,15). The van der Waals surface area contributed by atoms with Gasteiger partial charge in [-0.2, -0.15) is 0 Å². The first-order valence-electron chi connectivity index (χ1n) is 6.80. The third-order valence-electron chi connectivity index (χ3n) is 3.90. The number of nitrogens with one attached hydrogen (secondary N) is 1. The largest absolute Gasteiger partial charge is 0.379 e. The van der Waals surface area contributed by atoms with Crippen LogP contribution >= 0.6 is 0 Å². The van der Waals surface area contributed by atoms with E-state index < -0.39 is 0 Å². The summed E-state index contributed by atoms with van der Waals surface area (Å²) in [6, 6.07) is 1.09. The first-order valence-corrected chi connectivity index (χ1v) is 6.80. The van der Waals surface area contributed by atoms with Crippen molar-refractivity contribution >= 4 is 5.95 Å². The Morgan fingerprint density at radius 3 is 2.88 bits per heavy atom. The van der Waals surface area contributed by atoms with Crippen LogP contribution in [-0.2, 0) is 4.74 Å². The lowest BCUT2D eigenvalue weighted by atomic mass is 9.95. The summed E-state index contributed by atoms with van der Waals surface area (Å²) in [6.45, 7) is 1.69. The lowest BCUT2D eigenvalue weighted by molar-refractivity contribution is 0.195. The third-order valence-corrected chi connectivity index (χ3v) is 3.90. The highest BCUT2D eigenvalue weighted by atomic mass is 16.5. The van der Waals surface area contributed by atoms with E-state index in [4.69, 9.17) is 4.74 Å². The lowest BCUT2D eigenvalue weighted by Crippen LogP contribution is -2.23. The van der Waals surface area contributed by atoms with Gasteiger partial charge in [-0.1, -0.05) is 19.3 Å². The first-order chi connectivity index (χ1) is 8.43. The van der Waals surface area contributed by atoms with Gasteiger partial charge in [-0.05, 0) is 19.3 Å². The van der Waals surface area contributed by atoms with Crippen LogP contribution in [0.5, 0.6) is 0 Å². The van der Waals surface area contributed by atoms with Crippen molar-refractivity contribution < 1.29 is 4.74 Å². The second kappa shape index (κ2) is 5.08. The van der Waals surface area contributed by atoms with E-state index in [1.54, 1.807) is 0 Å². The molecule has 4 nitrogen and oxygen atoms in total. The maximum absolute atomic E-state index is 5.39. The summed E-state index contributed by atoms with van der Waals surface area (Å²) in [7, 11) is 0. The molecule has 94 valence electrons. The molecule has 1 saturated heterocycles. The van der Waals surface area contributed by atoms with E-state index in [1.165, 1.54) is 32.1 Å². The van der Waals surface area contributed by atoms with Crippen LogP contribution in [0.25, 0.3) is 0 Å². The molecule has 17 heavy (non-hydrogen) atoms. The highest BCUT2D eigenvalue weighted by molar-refractivity contribution is 5.29. The van der Waals surface area contributed by atoms with Crippen LogP contribution in [0, 0.1) is 0 Å². The molecule has 4 heteroatoms. The van der Waals surface area contributed by atoms with Crippen molar-refractivity contribution in [3.63, 3.8) is 0 Å². The Morgan fingerprint density at radius 1 is 1.24 bits per heavy atom. The van der Waals surface area contributed by atoms with Crippen molar-refractivity contribution in [2.75, 3.05) is 18.5 Å². The topological polar surface area (TPSA) is 39.1 Å². The van der Waals surface area contributed by atoms with Gasteiger partial charge < -0.3 is 14.6 Å². The molecule has 0 aromatic carbocycles. The van der Waals surface area contributed by atoms with Gasteiger partial charge in [0.1, 0.15) is 0 Å². The van der Waals surface area contributed by atoms with E-state index in [0.29, 0.717) is 12.1 Å². The number of anilines is 1. The second-order valence-corrected chi connectivity index (χ2v) is 5.15. The number of rotatable bonds is 3. The zero-order chi connectivity index (χ0) is 11.5. The Morgan fingerprint density at radius 2 is 2.12 bits per heavy atom. The summed E-state index contributed by atoms with van der Waals surface area (Å²) in [5.74, 6) is 1.03. The SMILES string of the molecule is c1cn(C2CCCCC2)c(NC2CCOC2)n1. The second-order valence-electron chi connectivity index (χ2n) is 5.15. The van der Waals surface area contributed by atoms with Crippen molar-refractivity contribution in [3.8, 4) is 0 Å². The molecule has 1 N–H and O–H groups in total. The van der Waals surface area contributed by atoms with Gasteiger partial charge in [0.15, 0.2) is 0 Å². The lowest BCUT2D eigenvalue weighted by Gasteiger charge is -2.25. The van der Waals surface area contributed by atoms with Crippen LogP contribution in [-0.4, -0.2) is 28.8 Å². The summed E-state index contributed by atoms with van der Waals surface area (Å²) >= 11 is 0. The number of hydrogen-bond donors (Lipinski definition) is 1. The minimum Gasteiger partial charge on any atom is -0.379 e. The molecule has 2 fully saturated rings. The molecule has 1 aliphatic heterocycles. The summed E-state index contributed by atoms with van der Waals surface area (Å²) in [6.07, 6.45) is 11.8. The molecule has 0 amide bonds. The van der Waals surface area contributed by atoms with Crippen LogP contribution in [0.2, 0.25) is 0 Å². The quantitative estimate of drug-likeness (QED) is 0.875. The average molecular weight is 235 g/mol. The Hall–Kier alpha value is -1.03. The maximum atomic E-state index is 5.39. The fraction of sp³-hybridized carbons (Fsp3) is 0.769. The number of nitrogens with zero attached hydrogens (tertiary/aromatic N) is 2. The smallest absolute Gasteiger partial charge is 0.203 e. The molecule has 1 aliphatic carbocycles. The molecule has 1 atom stereocenters. The molecule has 0 bridgehead atoms. The molecule has 1 aromatic heterocycles. The Kier molecular flexibility index (Phi) is 3.31. The molecular weight excluding hydrogens is 214 g/mol. The maximum Gasteiger partial charge on any atom is 0.203 e. The normalized spacial score (nSPS) is 26.2. The number of hydrogen-bond acceptors (Lipinski definition) is 3. The van der Waals surface area contributed by atoms with E-state index in [1.807, 2.05) is 6.20 Å². The highest BCUT2D eigenvalue weighted by Crippen LogP contribution is 2.30. The van der Waals surface area contributed by atoms with Crippen LogP contribution in [0.3, 0.4) is 0 Å². The van der Waals surface area contributed by atoms with Crippen LogP contribution < -0.4 is 5.32 Å². The van der Waals surface area contributed by atoms with Crippen molar-refractivity contribution in [1.82, 2.24) is 9.55 Å². The molecule has 1 saturated carbocycles. The number of aromatic nitrogens is 2. The summed E-state index contributed by atoms with van der Waals surface area (Å²) in [5.41, 5.74) is 0. The van der Waals surface area contributed by atoms with E-state index in [-0.39, 0.29) is 0 Å². The zero-order valence-electron chi connectivity index (χ0n) is 10.3. The van der Waals surface area contributed by atoms with E-state index >= 15 is 0 Å². The molecule has 3 rings (SSSR count). The summed E-state index contributed by atoms with van der Waals surface area (Å²) in [4.78, 5) is 4.45. The predicted molar refractivity (Wildman–Crippen MR) is 67.2 cm³/mol. The first kappa shape index (κ1) is 11.1. The number of imidazole rings is 1. The average Bonchev–Trinajstić information content (AvgIpc) is 3.02. The zero-order valence-corrected chi connectivity index (χ0v) is 10.3. The van der Waals surface area contributed by atoms with Gasteiger partial charge in [-0.25, -0.2) is 4.98 Å². The van der Waals surface area contributed by atoms with Gasteiger partial charge in [0.2, 0.25) is 5.95 Å². The minimum atomic E-state index is 0.444. The third kappa shape index (κ3) is 2.46. The fourth-order valence-corrected chi connectivity index (χ4v) is 2.91. The van der Waals surface area contributed by atoms with Crippen molar-refractivity contribution in [1.29, 1.82) is 0 Å². The van der Waals surface area contributed by atoms with Gasteiger partial charge in [0.05, 0.1) is 12.6 Å². The van der Waals surface area contributed by atoms with Crippen molar-refractivity contribution in [2.45, 2.75) is 50.6 Å². The van der Waals surface area contributed by atoms with E-state index in [2.05, 4.69) is 21.1 Å². The molecule has 2 aliphatic rings. The molecule has 0 radical (unpaired) electrons. The predicted octanol–water partition coefficient (Wildman–Crippen LogP) is 2.59. The minimum absolute atomic E-state index is 0.444. The van der Waals surface area contributed by atoms with Crippen molar-refractivity contribution in [2.24, 2.45) is 0 Å². The van der Waals surface area contributed by atoms with Crippen LogP contribution in [0.15, 0.2) is 12.4 Å². The monoisotopic (exact) mass is 235 g/mol. The van der Waals surface area contributed by atoms with E-state index in [0.717, 1.165) is 25.6 Å². The molecule has 2 heterocycles. The Bertz CT molecular complexity index is 351. The Labute approximate surface area is 102 Å². The molecule has 0 spiro atoms. The summed E-state index contributed by atoms with van der Waals surface area (Å²) in [5, 5.41) is 3.51. The molecular formula is C13H21N3O. The van der Waals surface area contributed by atoms with E-state index in [9.17, 15) is 0 Å². The Balaban J connectivity index is 1.69. The number of ether oxygens (including phenoxy) is 1.